The number of fused-ring (bicyclic) bond motifs is 1. The van der Waals surface area contributed by atoms with E-state index in [0.29, 0.717) is 17.0 Å². The van der Waals surface area contributed by atoms with Gasteiger partial charge in [-0.2, -0.15) is 4.72 Å². The number of carbonyl (C=O) groups is 3. The smallest absolute Gasteiger partial charge is 0.254 e. The van der Waals surface area contributed by atoms with Gasteiger partial charge in [-0.15, -0.1) is 0 Å². The molecule has 0 spiro atoms. The molecule has 0 bridgehead atoms. The Kier molecular flexibility index (Phi) is 9.08. The van der Waals surface area contributed by atoms with E-state index in [4.69, 9.17) is 16.3 Å². The van der Waals surface area contributed by atoms with E-state index in [-0.39, 0.29) is 54.9 Å². The molecule has 4 rings (SSSR count). The summed E-state index contributed by atoms with van der Waals surface area (Å²) in [5.74, 6) is -0.922. The van der Waals surface area contributed by atoms with Gasteiger partial charge in [-0.3, -0.25) is 14.4 Å². The molecule has 3 amide bonds. The van der Waals surface area contributed by atoms with Crippen LogP contribution in [0.3, 0.4) is 0 Å². The Bertz CT molecular complexity index is 1390. The molecule has 0 aromatic heterocycles. The molecule has 2 aromatic rings. The number of morpholine rings is 1. The quantitative estimate of drug-likeness (QED) is 0.504. The normalized spacial score (nSPS) is 20.9. The summed E-state index contributed by atoms with van der Waals surface area (Å²) < 4.78 is 34.5. The number of amides is 3. The SMILES string of the molecule is CC(C(=O)N1CCOC(C(=O)N(C(C)C)C(C)C)C1)N1CCC(NS(=O)(=O)c2ccc3cc(Cl)ccc3c2)C1=O. The van der Waals surface area contributed by atoms with Crippen LogP contribution in [0.15, 0.2) is 41.3 Å². The third-order valence-corrected chi connectivity index (χ3v) is 9.17. The van der Waals surface area contributed by atoms with Crippen LogP contribution in [0.5, 0.6) is 0 Å². The maximum atomic E-state index is 13.4. The third kappa shape index (κ3) is 6.27. The Morgan fingerprint density at radius 1 is 1.02 bits per heavy atom. The second kappa shape index (κ2) is 12.0. The molecule has 10 nitrogen and oxygen atoms in total. The fraction of sp³-hybridized carbons (Fsp3) is 0.536. The standard InChI is InChI=1S/C28H37ClN4O6S/c1-17(2)33(18(3)4)28(36)25-16-31(12-13-39-25)26(34)19(5)32-11-10-24(27(32)35)30-40(37,38)23-9-7-20-14-22(29)8-6-21(20)15-23/h6-9,14-15,17-19,24-25,30H,10-13,16H2,1-5H3. The van der Waals surface area contributed by atoms with Crippen LogP contribution in [0.2, 0.25) is 5.02 Å². The maximum absolute atomic E-state index is 13.4. The van der Waals surface area contributed by atoms with Gasteiger partial charge in [0.2, 0.25) is 21.8 Å². The number of rotatable bonds is 8. The summed E-state index contributed by atoms with van der Waals surface area (Å²) in [6, 6.07) is 8.01. The lowest BCUT2D eigenvalue weighted by Crippen LogP contribution is -2.58. The number of hydrogen-bond acceptors (Lipinski definition) is 6. The topological polar surface area (TPSA) is 116 Å². The van der Waals surface area contributed by atoms with E-state index in [1.54, 1.807) is 41.0 Å². The van der Waals surface area contributed by atoms with Gasteiger partial charge in [-0.05, 0) is 76.1 Å². The average molecular weight is 593 g/mol. The van der Waals surface area contributed by atoms with Gasteiger partial charge in [0.15, 0.2) is 6.10 Å². The van der Waals surface area contributed by atoms with E-state index in [0.717, 1.165) is 5.39 Å². The second-order valence-corrected chi connectivity index (χ2v) is 13.1. The molecule has 1 N–H and O–H groups in total. The van der Waals surface area contributed by atoms with Crippen molar-refractivity contribution in [3.05, 3.63) is 41.4 Å². The van der Waals surface area contributed by atoms with E-state index in [1.807, 2.05) is 27.7 Å². The number of sulfonamides is 1. The first kappa shape index (κ1) is 30.2. The monoisotopic (exact) mass is 592 g/mol. The van der Waals surface area contributed by atoms with Crippen molar-refractivity contribution in [3.63, 3.8) is 0 Å². The number of likely N-dealkylation sites (tertiary alicyclic amines) is 1. The maximum Gasteiger partial charge on any atom is 0.254 e. The van der Waals surface area contributed by atoms with Crippen molar-refractivity contribution in [2.75, 3.05) is 26.2 Å². The Hall–Kier alpha value is -2.73. The average Bonchev–Trinajstić information content (AvgIpc) is 3.26. The van der Waals surface area contributed by atoms with Crippen LogP contribution in [0, 0.1) is 0 Å². The van der Waals surface area contributed by atoms with Crippen molar-refractivity contribution in [1.82, 2.24) is 19.4 Å². The van der Waals surface area contributed by atoms with E-state index in [2.05, 4.69) is 4.72 Å². The Labute approximate surface area is 240 Å². The molecule has 2 fully saturated rings. The van der Waals surface area contributed by atoms with Gasteiger partial charge in [0, 0.05) is 30.2 Å². The van der Waals surface area contributed by atoms with Crippen molar-refractivity contribution in [2.45, 2.75) is 76.2 Å². The van der Waals surface area contributed by atoms with Gasteiger partial charge >= 0.3 is 0 Å². The van der Waals surface area contributed by atoms with Gasteiger partial charge in [0.1, 0.15) is 12.1 Å². The number of hydrogen-bond donors (Lipinski definition) is 1. The Balaban J connectivity index is 1.41. The molecule has 218 valence electrons. The van der Waals surface area contributed by atoms with E-state index >= 15 is 0 Å². The molecule has 3 unspecified atom stereocenters. The molecule has 0 saturated carbocycles. The predicted octanol–water partition coefficient (Wildman–Crippen LogP) is 2.63. The number of benzene rings is 2. The van der Waals surface area contributed by atoms with Crippen molar-refractivity contribution in [3.8, 4) is 0 Å². The summed E-state index contributed by atoms with van der Waals surface area (Å²) >= 11 is 6.02. The zero-order chi connectivity index (χ0) is 29.4. The first-order valence-electron chi connectivity index (χ1n) is 13.5. The molecule has 2 saturated heterocycles. The first-order chi connectivity index (χ1) is 18.8. The number of halogens is 1. The fourth-order valence-corrected chi connectivity index (χ4v) is 6.92. The molecule has 40 heavy (non-hydrogen) atoms. The third-order valence-electron chi connectivity index (χ3n) is 7.47. The lowest BCUT2D eigenvalue weighted by atomic mass is 10.1. The molecular weight excluding hydrogens is 556 g/mol. The summed E-state index contributed by atoms with van der Waals surface area (Å²) in [7, 11) is -3.99. The molecule has 2 aliphatic rings. The minimum absolute atomic E-state index is 0.0165. The zero-order valence-electron chi connectivity index (χ0n) is 23.5. The van der Waals surface area contributed by atoms with Crippen LogP contribution in [-0.2, 0) is 29.1 Å². The van der Waals surface area contributed by atoms with Crippen molar-refractivity contribution < 1.29 is 27.5 Å². The van der Waals surface area contributed by atoms with Crippen LogP contribution >= 0.6 is 11.6 Å². The van der Waals surface area contributed by atoms with Gasteiger partial charge < -0.3 is 19.4 Å². The highest BCUT2D eigenvalue weighted by Gasteiger charge is 2.42. The minimum atomic E-state index is -3.99. The number of carbonyl (C=O) groups excluding carboxylic acids is 3. The second-order valence-electron chi connectivity index (χ2n) is 10.9. The molecule has 12 heteroatoms. The fourth-order valence-electron chi connectivity index (χ4n) is 5.48. The largest absolute Gasteiger partial charge is 0.365 e. The van der Waals surface area contributed by atoms with Crippen molar-refractivity contribution in [2.24, 2.45) is 0 Å². The summed E-state index contributed by atoms with van der Waals surface area (Å²) in [6.45, 7) is 10.2. The Morgan fingerprint density at radius 2 is 1.68 bits per heavy atom. The van der Waals surface area contributed by atoms with Crippen LogP contribution in [0.4, 0.5) is 0 Å². The highest BCUT2D eigenvalue weighted by Crippen LogP contribution is 2.24. The van der Waals surface area contributed by atoms with E-state index in [1.165, 1.54) is 17.0 Å². The minimum Gasteiger partial charge on any atom is -0.365 e. The van der Waals surface area contributed by atoms with Crippen LogP contribution in [0.1, 0.15) is 41.0 Å². The number of nitrogens with one attached hydrogen (secondary N) is 1. The molecule has 3 atom stereocenters. The number of nitrogens with zero attached hydrogens (tertiary/aromatic N) is 3. The van der Waals surface area contributed by atoms with E-state index < -0.39 is 34.1 Å². The van der Waals surface area contributed by atoms with Crippen LogP contribution in [-0.4, -0.2) is 97.4 Å². The van der Waals surface area contributed by atoms with Crippen LogP contribution < -0.4 is 4.72 Å². The summed E-state index contributed by atoms with van der Waals surface area (Å²) in [5.41, 5.74) is 0. The summed E-state index contributed by atoms with van der Waals surface area (Å²) in [4.78, 5) is 44.5. The summed E-state index contributed by atoms with van der Waals surface area (Å²) in [6.07, 6.45) is -0.539. The Morgan fingerprint density at radius 3 is 2.35 bits per heavy atom. The van der Waals surface area contributed by atoms with Gasteiger partial charge in [-0.1, -0.05) is 23.7 Å². The first-order valence-corrected chi connectivity index (χ1v) is 15.4. The highest BCUT2D eigenvalue weighted by molar-refractivity contribution is 7.89. The lowest BCUT2D eigenvalue weighted by molar-refractivity contribution is -0.159. The molecule has 0 aliphatic carbocycles. The van der Waals surface area contributed by atoms with Gasteiger partial charge in [0.05, 0.1) is 18.0 Å². The molecule has 2 aliphatic heterocycles. The van der Waals surface area contributed by atoms with E-state index in [9.17, 15) is 22.8 Å². The van der Waals surface area contributed by atoms with Crippen LogP contribution in [0.25, 0.3) is 10.8 Å². The molecule has 2 aromatic carbocycles. The van der Waals surface area contributed by atoms with Gasteiger partial charge in [0.25, 0.3) is 5.91 Å². The highest BCUT2D eigenvalue weighted by atomic mass is 35.5. The van der Waals surface area contributed by atoms with Crippen molar-refractivity contribution >= 4 is 50.1 Å². The molecular formula is C28H37ClN4O6S. The zero-order valence-corrected chi connectivity index (χ0v) is 25.0. The summed E-state index contributed by atoms with van der Waals surface area (Å²) in [5, 5.41) is 2.06. The molecule has 2 heterocycles. The molecule has 0 radical (unpaired) electrons. The lowest BCUT2D eigenvalue weighted by Gasteiger charge is -2.39. The van der Waals surface area contributed by atoms with Gasteiger partial charge in [-0.25, -0.2) is 8.42 Å². The van der Waals surface area contributed by atoms with Crippen molar-refractivity contribution in [1.29, 1.82) is 0 Å². The number of ether oxygens (including phenoxy) is 1. The predicted molar refractivity (Wildman–Crippen MR) is 152 cm³/mol.